The summed E-state index contributed by atoms with van der Waals surface area (Å²) in [5, 5.41) is 0. The zero-order valence-electron chi connectivity index (χ0n) is 15.0. The molecule has 0 aromatic rings. The third-order valence-electron chi connectivity index (χ3n) is 4.60. The number of hydrogen-bond acceptors (Lipinski definition) is 2. The van der Waals surface area contributed by atoms with Gasteiger partial charge in [-0.25, -0.2) is 0 Å². The Bertz CT molecular complexity index is 584. The molecule has 0 spiro atoms. The lowest BCUT2D eigenvalue weighted by Gasteiger charge is -2.41. The Morgan fingerprint density at radius 1 is 0.741 bits per heavy atom. The van der Waals surface area contributed by atoms with Gasteiger partial charge >= 0.3 is 12.4 Å². The van der Waals surface area contributed by atoms with Crippen LogP contribution in [0.5, 0.6) is 0 Å². The zero-order chi connectivity index (χ0) is 20.3. The predicted octanol–water partition coefficient (Wildman–Crippen LogP) is 6.38. The van der Waals surface area contributed by atoms with Crippen molar-refractivity contribution in [2.75, 3.05) is 0 Å². The molecular weight excluding hydrogens is 374 g/mol. The fraction of sp³-hybridized carbons (Fsp3) is 0.579. The maximum Gasteiger partial charge on any atom is 0.411 e. The SMILES string of the molecule is CCCC1C=C(C(C2=CC(CCC)OC=C2)(C(F)(F)F)C(F)(F)F)C=CO1. The normalized spacial score (nSPS) is 23.4. The molecule has 8 heteroatoms. The molecule has 0 aliphatic carbocycles. The highest BCUT2D eigenvalue weighted by Crippen LogP contribution is 2.61. The molecule has 0 saturated heterocycles. The summed E-state index contributed by atoms with van der Waals surface area (Å²) in [6.45, 7) is 3.55. The van der Waals surface area contributed by atoms with E-state index in [1.165, 1.54) is 0 Å². The molecule has 2 atom stereocenters. The minimum atomic E-state index is -5.60. The van der Waals surface area contributed by atoms with Crippen LogP contribution in [0, 0.1) is 5.41 Å². The summed E-state index contributed by atoms with van der Waals surface area (Å²) in [5.41, 5.74) is -5.89. The Labute approximate surface area is 154 Å². The van der Waals surface area contributed by atoms with Gasteiger partial charge < -0.3 is 9.47 Å². The highest BCUT2D eigenvalue weighted by Gasteiger charge is 2.73. The van der Waals surface area contributed by atoms with E-state index in [9.17, 15) is 26.3 Å². The van der Waals surface area contributed by atoms with Crippen LogP contribution in [-0.2, 0) is 9.47 Å². The van der Waals surface area contributed by atoms with Crippen molar-refractivity contribution in [1.29, 1.82) is 0 Å². The van der Waals surface area contributed by atoms with Gasteiger partial charge in [0.25, 0.3) is 0 Å². The number of hydrogen-bond donors (Lipinski definition) is 0. The summed E-state index contributed by atoms with van der Waals surface area (Å²) < 4.78 is 95.0. The second-order valence-electron chi connectivity index (χ2n) is 6.52. The Hall–Kier alpha value is -1.86. The molecule has 0 aromatic carbocycles. The molecule has 2 heterocycles. The van der Waals surface area contributed by atoms with Crippen molar-refractivity contribution in [3.63, 3.8) is 0 Å². The largest absolute Gasteiger partial charge is 0.494 e. The summed E-state index contributed by atoms with van der Waals surface area (Å²) >= 11 is 0. The van der Waals surface area contributed by atoms with E-state index in [4.69, 9.17) is 9.47 Å². The van der Waals surface area contributed by atoms with Crippen LogP contribution in [0.25, 0.3) is 0 Å². The first kappa shape index (κ1) is 21.4. The quantitative estimate of drug-likeness (QED) is 0.486. The van der Waals surface area contributed by atoms with Crippen molar-refractivity contribution in [3.8, 4) is 0 Å². The summed E-state index contributed by atoms with van der Waals surface area (Å²) in [6.07, 6.45) is -5.92. The molecule has 0 amide bonds. The van der Waals surface area contributed by atoms with Gasteiger partial charge in [-0.1, -0.05) is 26.7 Å². The third kappa shape index (κ3) is 4.04. The fourth-order valence-corrected chi connectivity index (χ4v) is 3.37. The molecule has 27 heavy (non-hydrogen) atoms. The molecule has 2 rings (SSSR count). The Kier molecular flexibility index (Phi) is 6.37. The molecule has 0 radical (unpaired) electrons. The van der Waals surface area contributed by atoms with Crippen LogP contribution in [-0.4, -0.2) is 24.6 Å². The monoisotopic (exact) mass is 396 g/mol. The molecule has 2 aliphatic rings. The van der Waals surface area contributed by atoms with Crippen molar-refractivity contribution in [3.05, 3.63) is 48.0 Å². The fourth-order valence-electron chi connectivity index (χ4n) is 3.37. The average Bonchev–Trinajstić information content (AvgIpc) is 2.54. The van der Waals surface area contributed by atoms with E-state index in [1.807, 2.05) is 0 Å². The molecule has 0 bridgehead atoms. The van der Waals surface area contributed by atoms with Crippen molar-refractivity contribution in [2.45, 2.75) is 64.1 Å². The van der Waals surface area contributed by atoms with Crippen molar-refractivity contribution in [1.82, 2.24) is 0 Å². The molecule has 0 aromatic heterocycles. The first-order valence-corrected chi connectivity index (χ1v) is 8.80. The van der Waals surface area contributed by atoms with Crippen LogP contribution in [0.4, 0.5) is 26.3 Å². The van der Waals surface area contributed by atoms with Gasteiger partial charge in [-0.2, -0.15) is 26.3 Å². The van der Waals surface area contributed by atoms with E-state index in [2.05, 4.69) is 0 Å². The van der Waals surface area contributed by atoms with Crippen molar-refractivity contribution in [2.24, 2.45) is 5.41 Å². The first-order valence-electron chi connectivity index (χ1n) is 8.80. The topological polar surface area (TPSA) is 18.5 Å². The summed E-state index contributed by atoms with van der Waals surface area (Å²) in [5.74, 6) is 0. The van der Waals surface area contributed by atoms with E-state index in [0.717, 1.165) is 36.8 Å². The third-order valence-corrected chi connectivity index (χ3v) is 4.60. The number of ether oxygens (including phenoxy) is 2. The van der Waals surface area contributed by atoms with E-state index < -0.39 is 41.1 Å². The minimum absolute atomic E-state index is 0.316. The van der Waals surface area contributed by atoms with Gasteiger partial charge in [-0.3, -0.25) is 0 Å². The highest BCUT2D eigenvalue weighted by molar-refractivity contribution is 5.47. The molecule has 2 unspecified atom stereocenters. The van der Waals surface area contributed by atoms with E-state index >= 15 is 0 Å². The van der Waals surface area contributed by atoms with Crippen LogP contribution >= 0.6 is 0 Å². The Morgan fingerprint density at radius 2 is 1.11 bits per heavy atom. The van der Waals surface area contributed by atoms with Crippen LogP contribution in [0.3, 0.4) is 0 Å². The lowest BCUT2D eigenvalue weighted by atomic mass is 9.70. The van der Waals surface area contributed by atoms with E-state index in [1.54, 1.807) is 13.8 Å². The molecule has 2 aliphatic heterocycles. The van der Waals surface area contributed by atoms with Crippen molar-refractivity contribution < 1.29 is 35.8 Å². The molecule has 2 nitrogen and oxygen atoms in total. The molecule has 0 saturated carbocycles. The highest BCUT2D eigenvalue weighted by atomic mass is 19.4. The molecular formula is C19H22F6O2. The van der Waals surface area contributed by atoms with Gasteiger partial charge in [0, 0.05) is 0 Å². The molecule has 0 N–H and O–H groups in total. The Morgan fingerprint density at radius 3 is 1.41 bits per heavy atom. The smallest absolute Gasteiger partial charge is 0.411 e. The summed E-state index contributed by atoms with van der Waals surface area (Å²) in [7, 11) is 0. The van der Waals surface area contributed by atoms with Gasteiger partial charge in [-0.15, -0.1) is 0 Å². The van der Waals surface area contributed by atoms with Gasteiger partial charge in [-0.05, 0) is 48.3 Å². The number of rotatable bonds is 6. The van der Waals surface area contributed by atoms with Crippen molar-refractivity contribution >= 4 is 0 Å². The van der Waals surface area contributed by atoms with Gasteiger partial charge in [0.05, 0.1) is 12.5 Å². The van der Waals surface area contributed by atoms with Gasteiger partial charge in [0.2, 0.25) is 5.41 Å². The standard InChI is InChI=1S/C19H22F6O2/c1-3-5-15-11-13(7-9-26-15)17(18(20,21)22,19(23,24)25)14-8-10-27-16(12-14)6-4-2/h7-12,15-16H,3-6H2,1-2H3. The maximum atomic E-state index is 14.1. The maximum absolute atomic E-state index is 14.1. The number of alkyl halides is 6. The predicted molar refractivity (Wildman–Crippen MR) is 88.6 cm³/mol. The van der Waals surface area contributed by atoms with Crippen LogP contribution in [0.2, 0.25) is 0 Å². The first-order chi connectivity index (χ1) is 12.6. The molecule has 0 fully saturated rings. The lowest BCUT2D eigenvalue weighted by molar-refractivity contribution is -0.309. The van der Waals surface area contributed by atoms with Crippen LogP contribution < -0.4 is 0 Å². The second-order valence-corrected chi connectivity index (χ2v) is 6.52. The summed E-state index contributed by atoms with van der Waals surface area (Å²) in [6, 6.07) is 0. The average molecular weight is 396 g/mol. The second kappa shape index (κ2) is 8.02. The number of halogens is 6. The Balaban J connectivity index is 2.69. The van der Waals surface area contributed by atoms with Crippen LogP contribution in [0.1, 0.15) is 39.5 Å². The minimum Gasteiger partial charge on any atom is -0.494 e. The zero-order valence-corrected chi connectivity index (χ0v) is 15.0. The summed E-state index contributed by atoms with van der Waals surface area (Å²) in [4.78, 5) is 0. The van der Waals surface area contributed by atoms with Gasteiger partial charge in [0.1, 0.15) is 12.2 Å². The lowest BCUT2D eigenvalue weighted by Crippen LogP contribution is -2.53. The van der Waals surface area contributed by atoms with Gasteiger partial charge in [0.15, 0.2) is 0 Å². The van der Waals surface area contributed by atoms with E-state index in [-0.39, 0.29) is 0 Å². The number of allylic oxidation sites excluding steroid dienone is 4. The molecule has 152 valence electrons. The van der Waals surface area contributed by atoms with E-state index in [0.29, 0.717) is 25.7 Å². The van der Waals surface area contributed by atoms with Crippen LogP contribution in [0.15, 0.2) is 48.0 Å².